The molecule has 0 atom stereocenters. The fourth-order valence-corrected chi connectivity index (χ4v) is 5.19. The summed E-state index contributed by atoms with van der Waals surface area (Å²) in [7, 11) is 0. The lowest BCUT2D eigenvalue weighted by Gasteiger charge is -2.35. The second kappa shape index (κ2) is 8.56. The number of rotatable bonds is 4. The molecule has 1 saturated heterocycles. The topological polar surface area (TPSA) is 69.7 Å². The molecule has 1 heterocycles. The van der Waals surface area contributed by atoms with E-state index in [1.54, 1.807) is 0 Å². The lowest BCUT2D eigenvalue weighted by Crippen LogP contribution is -2.49. The van der Waals surface area contributed by atoms with Crippen molar-refractivity contribution < 1.29 is 14.4 Å². The average Bonchev–Trinajstić information content (AvgIpc) is 2.90. The third-order valence-electron chi connectivity index (χ3n) is 6.74. The number of anilines is 1. The summed E-state index contributed by atoms with van der Waals surface area (Å²) in [5.41, 5.74) is 0.0525. The average molecular weight is 398 g/mol. The van der Waals surface area contributed by atoms with E-state index in [0.29, 0.717) is 12.8 Å². The van der Waals surface area contributed by atoms with Gasteiger partial charge in [-0.05, 0) is 37.8 Å². The van der Waals surface area contributed by atoms with E-state index in [1.165, 1.54) is 6.42 Å². The molecular formula is C23H31N3O3. The van der Waals surface area contributed by atoms with Gasteiger partial charge in [0.25, 0.3) is 5.91 Å². The maximum Gasteiger partial charge on any atom is 0.325 e. The van der Waals surface area contributed by atoms with E-state index in [0.717, 1.165) is 62.0 Å². The fraction of sp³-hybridized carbons (Fsp3) is 0.609. The second-order valence-electron chi connectivity index (χ2n) is 8.71. The Morgan fingerprint density at radius 3 is 2.24 bits per heavy atom. The van der Waals surface area contributed by atoms with Crippen LogP contribution in [0.1, 0.15) is 70.6 Å². The minimum atomic E-state index is -0.795. The molecule has 1 spiro atoms. The number of para-hydroxylation sites is 1. The smallest absolute Gasteiger partial charge is 0.323 e. The van der Waals surface area contributed by atoms with Gasteiger partial charge in [-0.2, -0.15) is 0 Å². The molecule has 6 nitrogen and oxygen atoms in total. The Morgan fingerprint density at radius 1 is 0.966 bits per heavy atom. The van der Waals surface area contributed by atoms with Crippen LogP contribution in [-0.2, 0) is 9.59 Å². The molecule has 0 aromatic heterocycles. The fourth-order valence-electron chi connectivity index (χ4n) is 5.19. The number of urea groups is 1. The van der Waals surface area contributed by atoms with Crippen molar-refractivity contribution in [3.8, 4) is 0 Å². The molecule has 1 aromatic rings. The highest BCUT2D eigenvalue weighted by Gasteiger charge is 2.51. The quantitative estimate of drug-likeness (QED) is 0.781. The molecule has 1 aromatic carbocycles. The summed E-state index contributed by atoms with van der Waals surface area (Å²) in [4.78, 5) is 42.2. The van der Waals surface area contributed by atoms with Gasteiger partial charge in [0.15, 0.2) is 0 Å². The summed E-state index contributed by atoms with van der Waals surface area (Å²) >= 11 is 0. The largest absolute Gasteiger partial charge is 0.325 e. The van der Waals surface area contributed by atoms with E-state index >= 15 is 0 Å². The molecule has 0 unspecified atom stereocenters. The third-order valence-corrected chi connectivity index (χ3v) is 6.74. The number of imide groups is 1. The van der Waals surface area contributed by atoms with Crippen molar-refractivity contribution in [3.63, 3.8) is 0 Å². The summed E-state index contributed by atoms with van der Waals surface area (Å²) in [5, 5.41) is 2.94. The van der Waals surface area contributed by atoms with Crippen LogP contribution >= 0.6 is 0 Å². The van der Waals surface area contributed by atoms with E-state index in [9.17, 15) is 14.4 Å². The molecular weight excluding hydrogens is 366 g/mol. The summed E-state index contributed by atoms with van der Waals surface area (Å²) in [5.74, 6) is -0.383. The zero-order valence-electron chi connectivity index (χ0n) is 17.1. The van der Waals surface area contributed by atoms with Crippen LogP contribution in [0.2, 0.25) is 0 Å². The molecule has 29 heavy (non-hydrogen) atoms. The third kappa shape index (κ3) is 4.02. The Balaban J connectivity index is 1.54. The van der Waals surface area contributed by atoms with Gasteiger partial charge in [0, 0.05) is 11.7 Å². The molecule has 3 fully saturated rings. The number of amides is 4. The zero-order chi connectivity index (χ0) is 20.3. The number of benzene rings is 1. The first kappa shape index (κ1) is 19.9. The Bertz CT molecular complexity index is 750. The van der Waals surface area contributed by atoms with Crippen LogP contribution < -0.4 is 10.2 Å². The van der Waals surface area contributed by atoms with Crippen molar-refractivity contribution in [1.29, 1.82) is 0 Å². The number of carbonyl (C=O) groups is 3. The predicted molar refractivity (Wildman–Crippen MR) is 111 cm³/mol. The van der Waals surface area contributed by atoms with Crippen molar-refractivity contribution in [3.05, 3.63) is 30.3 Å². The first-order chi connectivity index (χ1) is 14.1. The Kier molecular flexibility index (Phi) is 5.88. The van der Waals surface area contributed by atoms with Crippen LogP contribution in [0.4, 0.5) is 10.5 Å². The van der Waals surface area contributed by atoms with Gasteiger partial charge < -0.3 is 10.2 Å². The van der Waals surface area contributed by atoms with Crippen LogP contribution in [0.3, 0.4) is 0 Å². The molecule has 2 saturated carbocycles. The highest BCUT2D eigenvalue weighted by molar-refractivity contribution is 6.10. The Morgan fingerprint density at radius 2 is 1.59 bits per heavy atom. The minimum absolute atomic E-state index is 0.131. The van der Waals surface area contributed by atoms with Gasteiger partial charge in [-0.15, -0.1) is 0 Å². The molecule has 0 radical (unpaired) electrons. The highest BCUT2D eigenvalue weighted by atomic mass is 16.2. The van der Waals surface area contributed by atoms with Crippen molar-refractivity contribution in [1.82, 2.24) is 10.2 Å². The number of nitrogens with one attached hydrogen (secondary N) is 1. The number of nitrogens with zero attached hydrogens (tertiary/aromatic N) is 2. The first-order valence-corrected chi connectivity index (χ1v) is 11.1. The molecule has 6 heteroatoms. The summed E-state index contributed by atoms with van der Waals surface area (Å²) in [6.07, 6.45) is 10.7. The van der Waals surface area contributed by atoms with E-state index in [2.05, 4.69) is 5.32 Å². The van der Waals surface area contributed by atoms with Crippen molar-refractivity contribution in [2.24, 2.45) is 0 Å². The Hall–Kier alpha value is -2.37. The van der Waals surface area contributed by atoms with Gasteiger partial charge in [-0.1, -0.05) is 63.1 Å². The van der Waals surface area contributed by atoms with Crippen LogP contribution in [0, 0.1) is 0 Å². The first-order valence-electron chi connectivity index (χ1n) is 11.1. The molecule has 156 valence electrons. The van der Waals surface area contributed by atoms with Gasteiger partial charge >= 0.3 is 6.03 Å². The van der Waals surface area contributed by atoms with E-state index in [1.807, 2.05) is 35.2 Å². The SMILES string of the molecule is O=C1NC2(CCCCCC2)C(=O)N1CC(=O)N(c1ccccc1)C1CCCCC1. The zero-order valence-corrected chi connectivity index (χ0v) is 17.1. The number of hydrogen-bond donors (Lipinski definition) is 1. The lowest BCUT2D eigenvalue weighted by atomic mass is 9.90. The van der Waals surface area contributed by atoms with Crippen molar-refractivity contribution in [2.75, 3.05) is 11.4 Å². The van der Waals surface area contributed by atoms with Crippen molar-refractivity contribution in [2.45, 2.75) is 82.2 Å². The molecule has 4 rings (SSSR count). The number of carbonyl (C=O) groups excluding carboxylic acids is 3. The predicted octanol–water partition coefficient (Wildman–Crippen LogP) is 4.00. The minimum Gasteiger partial charge on any atom is -0.323 e. The lowest BCUT2D eigenvalue weighted by molar-refractivity contribution is -0.134. The molecule has 2 aliphatic carbocycles. The maximum absolute atomic E-state index is 13.4. The molecule has 3 aliphatic rings. The van der Waals surface area contributed by atoms with E-state index < -0.39 is 11.6 Å². The normalized spacial score (nSPS) is 22.4. The summed E-state index contributed by atoms with van der Waals surface area (Å²) in [6.45, 7) is -0.183. The van der Waals surface area contributed by atoms with Gasteiger partial charge in [0.05, 0.1) is 0 Å². The van der Waals surface area contributed by atoms with Gasteiger partial charge in [0.1, 0.15) is 12.1 Å². The molecule has 1 aliphatic heterocycles. The second-order valence-corrected chi connectivity index (χ2v) is 8.71. The summed E-state index contributed by atoms with van der Waals surface area (Å²) < 4.78 is 0. The summed E-state index contributed by atoms with van der Waals surface area (Å²) in [6, 6.07) is 9.36. The standard InChI is InChI=1S/C23H31N3O3/c27-20(26(18-11-5-3-6-12-18)19-13-7-4-8-14-19)17-25-21(28)23(24-22(25)29)15-9-1-2-10-16-23/h3,5-6,11-12,19H,1-2,4,7-10,13-17H2,(H,24,29). The highest BCUT2D eigenvalue weighted by Crippen LogP contribution is 2.33. The molecule has 4 amide bonds. The Labute approximate surface area is 172 Å². The van der Waals surface area contributed by atoms with Gasteiger partial charge in [0.2, 0.25) is 5.91 Å². The van der Waals surface area contributed by atoms with Gasteiger partial charge in [-0.25, -0.2) is 4.79 Å². The molecule has 1 N–H and O–H groups in total. The van der Waals surface area contributed by atoms with E-state index in [-0.39, 0.29) is 24.4 Å². The van der Waals surface area contributed by atoms with Crippen LogP contribution in [0.25, 0.3) is 0 Å². The van der Waals surface area contributed by atoms with Crippen LogP contribution in [-0.4, -0.2) is 40.9 Å². The number of hydrogen-bond acceptors (Lipinski definition) is 3. The molecule has 0 bridgehead atoms. The van der Waals surface area contributed by atoms with E-state index in [4.69, 9.17) is 0 Å². The maximum atomic E-state index is 13.4. The van der Waals surface area contributed by atoms with Crippen LogP contribution in [0.15, 0.2) is 30.3 Å². The van der Waals surface area contributed by atoms with Crippen molar-refractivity contribution >= 4 is 23.5 Å². The monoisotopic (exact) mass is 397 g/mol. The van der Waals surface area contributed by atoms with Crippen LogP contribution in [0.5, 0.6) is 0 Å². The van der Waals surface area contributed by atoms with Gasteiger partial charge in [-0.3, -0.25) is 14.5 Å².